The molecule has 12 heteroatoms. The molecule has 3 N–H and O–H groups in total. The number of halogens is 3. The summed E-state index contributed by atoms with van der Waals surface area (Å²) in [4.78, 5) is 29.2. The molecule has 1 unspecified atom stereocenters. The zero-order valence-electron chi connectivity index (χ0n) is 16.5. The van der Waals surface area contributed by atoms with Crippen LogP contribution >= 0.6 is 23.2 Å². The predicted octanol–water partition coefficient (Wildman–Crippen LogP) is 4.39. The summed E-state index contributed by atoms with van der Waals surface area (Å²) in [6.07, 6.45) is 6.09. The van der Waals surface area contributed by atoms with Crippen molar-refractivity contribution in [2.45, 2.75) is 19.4 Å². The highest BCUT2D eigenvalue weighted by Gasteiger charge is 2.24. The number of fused-ring (bicyclic) bond motifs is 2. The Morgan fingerprint density at radius 3 is 2.75 bits per heavy atom. The number of benzene rings is 1. The highest BCUT2D eigenvalue weighted by molar-refractivity contribution is 6.39. The van der Waals surface area contributed by atoms with E-state index in [0.717, 1.165) is 0 Å². The van der Waals surface area contributed by atoms with Crippen LogP contribution in [0.5, 0.6) is 0 Å². The van der Waals surface area contributed by atoms with Crippen molar-refractivity contribution in [1.29, 1.82) is 0 Å². The van der Waals surface area contributed by atoms with E-state index in [1.807, 2.05) is 6.92 Å². The van der Waals surface area contributed by atoms with E-state index in [0.29, 0.717) is 23.6 Å². The molecule has 4 heterocycles. The van der Waals surface area contributed by atoms with Gasteiger partial charge in [-0.25, -0.2) is 19.3 Å². The predicted molar refractivity (Wildman–Crippen MR) is 120 cm³/mol. The largest absolute Gasteiger partial charge is 0.359 e. The molecule has 0 amide bonds. The third kappa shape index (κ3) is 3.19. The molecular formula is C20H15Cl2FN8O. The molecule has 5 rings (SSSR count). The Balaban J connectivity index is 1.76. The van der Waals surface area contributed by atoms with Crippen molar-refractivity contribution in [3.63, 3.8) is 0 Å². The number of nitrogens with one attached hydrogen (secondary N) is 3. The van der Waals surface area contributed by atoms with Crippen LogP contribution in [-0.2, 0) is 0 Å². The molecule has 0 saturated heterocycles. The second-order valence-corrected chi connectivity index (χ2v) is 7.82. The molecule has 1 atom stereocenters. The molecule has 162 valence electrons. The molecule has 32 heavy (non-hydrogen) atoms. The summed E-state index contributed by atoms with van der Waals surface area (Å²) < 4.78 is 15.8. The average Bonchev–Trinajstić information content (AvgIpc) is 3.45. The lowest BCUT2D eigenvalue weighted by molar-refractivity contribution is 0.636. The van der Waals surface area contributed by atoms with Gasteiger partial charge in [0, 0.05) is 12.4 Å². The second kappa shape index (κ2) is 7.88. The Morgan fingerprint density at radius 1 is 1.19 bits per heavy atom. The Morgan fingerprint density at radius 2 is 2.00 bits per heavy atom. The fourth-order valence-corrected chi connectivity index (χ4v) is 4.07. The highest BCUT2D eigenvalue weighted by atomic mass is 35.5. The van der Waals surface area contributed by atoms with Gasteiger partial charge < -0.3 is 10.3 Å². The molecule has 0 aliphatic rings. The summed E-state index contributed by atoms with van der Waals surface area (Å²) in [7, 11) is 0. The first-order valence-corrected chi connectivity index (χ1v) is 10.4. The van der Waals surface area contributed by atoms with E-state index >= 15 is 0 Å². The summed E-state index contributed by atoms with van der Waals surface area (Å²) in [5.41, 5.74) is 0.694. The van der Waals surface area contributed by atoms with Gasteiger partial charge in [-0.1, -0.05) is 30.1 Å². The van der Waals surface area contributed by atoms with Crippen molar-refractivity contribution in [3.8, 4) is 5.69 Å². The Kier molecular flexibility index (Phi) is 5.03. The van der Waals surface area contributed by atoms with Crippen LogP contribution in [0.4, 0.5) is 10.2 Å². The molecule has 9 nitrogen and oxygen atoms in total. The van der Waals surface area contributed by atoms with Gasteiger partial charge in [-0.3, -0.25) is 14.5 Å². The zero-order valence-corrected chi connectivity index (χ0v) is 18.0. The first-order chi connectivity index (χ1) is 15.5. The molecule has 0 saturated carbocycles. The van der Waals surface area contributed by atoms with Crippen molar-refractivity contribution in [3.05, 3.63) is 69.1 Å². The summed E-state index contributed by atoms with van der Waals surface area (Å²) in [6, 6.07) is 2.60. The number of anilines is 1. The van der Waals surface area contributed by atoms with Crippen LogP contribution in [0, 0.1) is 5.82 Å². The van der Waals surface area contributed by atoms with E-state index in [-0.39, 0.29) is 32.2 Å². The monoisotopic (exact) mass is 472 g/mol. The number of nitrogens with zero attached hydrogens (tertiary/aromatic N) is 5. The minimum atomic E-state index is -0.538. The highest BCUT2D eigenvalue weighted by Crippen LogP contribution is 2.31. The fraction of sp³-hybridized carbons (Fsp3) is 0.150. The van der Waals surface area contributed by atoms with Crippen LogP contribution in [0.3, 0.4) is 0 Å². The molecule has 5 aromatic rings. The SMILES string of the molecule is CCC(Nc1ncnc2[nH]cc(F)c12)c1nc2c(Cl)ccc(Cl)c2c(=O)n1-c1cn[nH]c1. The smallest absolute Gasteiger partial charge is 0.267 e. The molecule has 0 fully saturated rings. The van der Waals surface area contributed by atoms with Gasteiger partial charge in [0.1, 0.15) is 23.6 Å². The molecule has 0 aliphatic heterocycles. The van der Waals surface area contributed by atoms with Crippen molar-refractivity contribution in [1.82, 2.24) is 34.7 Å². The van der Waals surface area contributed by atoms with Crippen LogP contribution in [-0.4, -0.2) is 34.7 Å². The van der Waals surface area contributed by atoms with Gasteiger partial charge in [-0.15, -0.1) is 0 Å². The zero-order chi connectivity index (χ0) is 22.4. The Bertz CT molecular complexity index is 1510. The molecule has 0 bridgehead atoms. The maximum absolute atomic E-state index is 14.4. The Labute approximate surface area is 189 Å². The summed E-state index contributed by atoms with van der Waals surface area (Å²) in [5.74, 6) is 0.121. The lowest BCUT2D eigenvalue weighted by Crippen LogP contribution is -2.28. The van der Waals surface area contributed by atoms with Crippen molar-refractivity contribution < 1.29 is 4.39 Å². The third-order valence-electron chi connectivity index (χ3n) is 5.14. The topological polar surface area (TPSA) is 117 Å². The van der Waals surface area contributed by atoms with Crippen molar-refractivity contribution in [2.75, 3.05) is 5.32 Å². The normalized spacial score (nSPS) is 12.5. The number of aromatic amines is 2. The average molecular weight is 473 g/mol. The van der Waals surface area contributed by atoms with Crippen LogP contribution in [0.15, 0.2) is 41.8 Å². The minimum absolute atomic E-state index is 0.195. The molecule has 4 aromatic heterocycles. The molecule has 0 radical (unpaired) electrons. The van der Waals surface area contributed by atoms with Crippen LogP contribution in [0.2, 0.25) is 10.0 Å². The van der Waals surface area contributed by atoms with Gasteiger partial charge in [0.15, 0.2) is 5.82 Å². The van der Waals surface area contributed by atoms with Gasteiger partial charge in [-0.05, 0) is 18.6 Å². The molecule has 0 spiro atoms. The summed E-state index contributed by atoms with van der Waals surface area (Å²) in [6.45, 7) is 1.90. The lowest BCUT2D eigenvalue weighted by Gasteiger charge is -2.22. The van der Waals surface area contributed by atoms with E-state index in [2.05, 4.69) is 30.5 Å². The number of hydrogen-bond acceptors (Lipinski definition) is 6. The number of rotatable bonds is 5. The van der Waals surface area contributed by atoms with E-state index in [1.54, 1.807) is 18.3 Å². The minimum Gasteiger partial charge on any atom is -0.359 e. The van der Waals surface area contributed by atoms with E-state index < -0.39 is 17.4 Å². The molecular weight excluding hydrogens is 458 g/mol. The molecule has 1 aromatic carbocycles. The van der Waals surface area contributed by atoms with E-state index in [9.17, 15) is 9.18 Å². The Hall–Kier alpha value is -3.50. The van der Waals surface area contributed by atoms with Crippen LogP contribution < -0.4 is 10.9 Å². The van der Waals surface area contributed by atoms with Crippen LogP contribution in [0.1, 0.15) is 25.2 Å². The van der Waals surface area contributed by atoms with E-state index in [1.165, 1.54) is 23.3 Å². The van der Waals surface area contributed by atoms with Crippen molar-refractivity contribution in [2.24, 2.45) is 0 Å². The van der Waals surface area contributed by atoms with Gasteiger partial charge in [0.2, 0.25) is 0 Å². The second-order valence-electron chi connectivity index (χ2n) is 7.01. The maximum atomic E-state index is 14.4. The van der Waals surface area contributed by atoms with Gasteiger partial charge >= 0.3 is 0 Å². The third-order valence-corrected chi connectivity index (χ3v) is 5.76. The fourth-order valence-electron chi connectivity index (χ4n) is 3.63. The number of aromatic nitrogens is 7. The summed E-state index contributed by atoms with van der Waals surface area (Å²) in [5, 5.41) is 10.8. The number of hydrogen-bond donors (Lipinski definition) is 3. The lowest BCUT2D eigenvalue weighted by atomic mass is 10.1. The summed E-state index contributed by atoms with van der Waals surface area (Å²) >= 11 is 12.7. The van der Waals surface area contributed by atoms with Gasteiger partial charge in [-0.2, -0.15) is 5.10 Å². The standard InChI is InChI=1S/C20H15Cl2FN8O/c1-2-13(29-18-15-12(23)7-24-17(15)25-8-26-18)19-30-16-11(22)4-3-10(21)14(16)20(32)31(19)9-5-27-28-6-9/h3-8,13H,2H2,1H3,(H,27,28)(H2,24,25,26,29). The van der Waals surface area contributed by atoms with Crippen LogP contribution in [0.25, 0.3) is 27.6 Å². The quantitative estimate of drug-likeness (QED) is 0.349. The first-order valence-electron chi connectivity index (χ1n) is 9.63. The van der Waals surface area contributed by atoms with Crippen molar-refractivity contribution >= 4 is 51.0 Å². The van der Waals surface area contributed by atoms with Gasteiger partial charge in [0.05, 0.1) is 44.3 Å². The number of H-pyrrole nitrogens is 2. The van der Waals surface area contributed by atoms with Gasteiger partial charge in [0.25, 0.3) is 5.56 Å². The maximum Gasteiger partial charge on any atom is 0.267 e. The molecule has 0 aliphatic carbocycles. The first kappa shape index (κ1) is 20.4. The van der Waals surface area contributed by atoms with E-state index in [4.69, 9.17) is 28.2 Å².